The molecule has 1 atom stereocenters. The minimum Gasteiger partial charge on any atom is -0.383 e. The number of anilines is 1. The number of benzene rings is 1. The van der Waals surface area contributed by atoms with E-state index in [1.54, 1.807) is 0 Å². The van der Waals surface area contributed by atoms with Crippen molar-refractivity contribution in [3.05, 3.63) is 46.6 Å². The van der Waals surface area contributed by atoms with E-state index in [0.717, 1.165) is 12.1 Å². The number of nitrogens with one attached hydrogen (secondary N) is 1. The topological polar surface area (TPSA) is 54.2 Å². The second kappa shape index (κ2) is 8.62. The third-order valence-corrected chi connectivity index (χ3v) is 6.71. The first-order chi connectivity index (χ1) is 13.6. The van der Waals surface area contributed by atoms with Gasteiger partial charge in [0.15, 0.2) is 0 Å². The van der Waals surface area contributed by atoms with Crippen molar-refractivity contribution >= 4 is 5.82 Å². The van der Waals surface area contributed by atoms with E-state index in [2.05, 4.69) is 47.2 Å². The number of hydrogen-bond acceptors (Lipinski definition) is 4. The maximum Gasteiger partial charge on any atom is 0.126 e. The molecule has 1 aliphatic carbocycles. The lowest BCUT2D eigenvalue weighted by Gasteiger charge is -2.26. The van der Waals surface area contributed by atoms with Crippen molar-refractivity contribution in [3.8, 4) is 11.1 Å². The quantitative estimate of drug-likeness (QED) is 0.732. The first-order valence-electron chi connectivity index (χ1n) is 10.9. The number of nitrogens with zero attached hydrogens (tertiary/aromatic N) is 2. The van der Waals surface area contributed by atoms with Crippen LogP contribution in [0.4, 0.5) is 5.82 Å². The summed E-state index contributed by atoms with van der Waals surface area (Å²) in [5, 5.41) is 3.83. The summed E-state index contributed by atoms with van der Waals surface area (Å²) in [6, 6.07) is 7.42. The highest BCUT2D eigenvalue weighted by molar-refractivity contribution is 5.71. The Kier molecular flexibility index (Phi) is 5.98. The number of rotatable bonds is 6. The molecule has 4 rings (SSSR count). The molecular formula is C24H34N4. The second-order valence-electron chi connectivity index (χ2n) is 8.52. The second-order valence-corrected chi connectivity index (χ2v) is 8.52. The zero-order valence-electron chi connectivity index (χ0n) is 17.4. The van der Waals surface area contributed by atoms with Crippen molar-refractivity contribution < 1.29 is 0 Å². The smallest absolute Gasteiger partial charge is 0.126 e. The standard InChI is InChI=1S/C24H34N4/c1-17-18(2)24(25)27-16-22(17)20-8-7-19-9-10-23(21(19)15-20)26-11-6-14-28-12-4-3-5-13-28/h7-8,15-16,23,26H,3-6,9-14H2,1-2H3,(H2,25,27). The molecule has 0 amide bonds. The summed E-state index contributed by atoms with van der Waals surface area (Å²) in [7, 11) is 0. The molecule has 1 saturated heterocycles. The minimum absolute atomic E-state index is 0.486. The van der Waals surface area contributed by atoms with Crippen molar-refractivity contribution in [1.82, 2.24) is 15.2 Å². The van der Waals surface area contributed by atoms with Crippen molar-refractivity contribution in [1.29, 1.82) is 0 Å². The number of pyridine rings is 1. The van der Waals surface area contributed by atoms with Crippen LogP contribution in [0.5, 0.6) is 0 Å². The summed E-state index contributed by atoms with van der Waals surface area (Å²) in [6.45, 7) is 9.14. The van der Waals surface area contributed by atoms with Crippen LogP contribution in [-0.2, 0) is 6.42 Å². The van der Waals surface area contributed by atoms with Gasteiger partial charge in [-0.1, -0.05) is 18.6 Å². The fourth-order valence-electron chi connectivity index (χ4n) is 4.76. The number of aromatic nitrogens is 1. The molecule has 4 heteroatoms. The predicted octanol–water partition coefficient (Wildman–Crippen LogP) is 4.40. The first-order valence-corrected chi connectivity index (χ1v) is 10.9. The molecule has 1 fully saturated rings. The van der Waals surface area contributed by atoms with Crippen LogP contribution < -0.4 is 11.1 Å². The minimum atomic E-state index is 0.486. The van der Waals surface area contributed by atoms with E-state index in [-0.39, 0.29) is 0 Å². The Hall–Kier alpha value is -1.91. The van der Waals surface area contributed by atoms with Gasteiger partial charge in [0.1, 0.15) is 5.82 Å². The molecule has 3 N–H and O–H groups in total. The lowest BCUT2D eigenvalue weighted by atomic mass is 9.95. The van der Waals surface area contributed by atoms with Gasteiger partial charge in [0, 0.05) is 17.8 Å². The fraction of sp³-hybridized carbons (Fsp3) is 0.542. The van der Waals surface area contributed by atoms with E-state index >= 15 is 0 Å². The van der Waals surface area contributed by atoms with E-state index in [0.29, 0.717) is 11.9 Å². The molecule has 0 spiro atoms. The number of piperidine rings is 1. The van der Waals surface area contributed by atoms with Gasteiger partial charge in [-0.3, -0.25) is 0 Å². The van der Waals surface area contributed by atoms with Crippen LogP contribution in [0.2, 0.25) is 0 Å². The summed E-state index contributed by atoms with van der Waals surface area (Å²) in [5.74, 6) is 0.635. The van der Waals surface area contributed by atoms with Gasteiger partial charge in [-0.2, -0.15) is 0 Å². The van der Waals surface area contributed by atoms with Crippen molar-refractivity contribution in [3.63, 3.8) is 0 Å². The van der Waals surface area contributed by atoms with Gasteiger partial charge in [-0.25, -0.2) is 4.98 Å². The van der Waals surface area contributed by atoms with Crippen LogP contribution in [0.3, 0.4) is 0 Å². The van der Waals surface area contributed by atoms with Gasteiger partial charge in [-0.05, 0) is 106 Å². The predicted molar refractivity (Wildman–Crippen MR) is 118 cm³/mol. The Morgan fingerprint density at radius 2 is 1.96 bits per heavy atom. The number of nitrogens with two attached hydrogens (primary N) is 1. The van der Waals surface area contributed by atoms with E-state index in [1.165, 1.54) is 86.0 Å². The molecule has 4 nitrogen and oxygen atoms in total. The SMILES string of the molecule is Cc1c(-c2ccc3c(c2)C(NCCCN2CCCCC2)CC3)cnc(N)c1C. The van der Waals surface area contributed by atoms with Gasteiger partial charge in [-0.15, -0.1) is 0 Å². The molecule has 1 aliphatic heterocycles. The van der Waals surface area contributed by atoms with Gasteiger partial charge >= 0.3 is 0 Å². The Balaban J connectivity index is 1.41. The molecule has 0 radical (unpaired) electrons. The Bertz CT molecular complexity index is 824. The molecule has 2 aromatic rings. The zero-order valence-corrected chi connectivity index (χ0v) is 17.4. The monoisotopic (exact) mass is 378 g/mol. The van der Waals surface area contributed by atoms with Crippen LogP contribution in [0.25, 0.3) is 11.1 Å². The van der Waals surface area contributed by atoms with Crippen LogP contribution in [0.15, 0.2) is 24.4 Å². The molecule has 0 bridgehead atoms. The number of fused-ring (bicyclic) bond motifs is 1. The van der Waals surface area contributed by atoms with Gasteiger partial charge in [0.05, 0.1) is 0 Å². The molecule has 2 heterocycles. The Morgan fingerprint density at radius 1 is 1.14 bits per heavy atom. The van der Waals surface area contributed by atoms with E-state index in [4.69, 9.17) is 5.73 Å². The maximum absolute atomic E-state index is 5.98. The van der Waals surface area contributed by atoms with Gasteiger partial charge in [0.25, 0.3) is 0 Å². The zero-order chi connectivity index (χ0) is 19.5. The van der Waals surface area contributed by atoms with Crippen LogP contribution in [0.1, 0.15) is 60.4 Å². The molecule has 2 aliphatic rings. The molecule has 28 heavy (non-hydrogen) atoms. The molecule has 1 aromatic carbocycles. The largest absolute Gasteiger partial charge is 0.383 e. The third kappa shape index (κ3) is 4.08. The summed E-state index contributed by atoms with van der Waals surface area (Å²) in [6.07, 6.45) is 9.73. The van der Waals surface area contributed by atoms with E-state index in [1.807, 2.05) is 6.20 Å². The van der Waals surface area contributed by atoms with E-state index in [9.17, 15) is 0 Å². The summed E-state index contributed by atoms with van der Waals surface area (Å²) < 4.78 is 0. The van der Waals surface area contributed by atoms with Crippen LogP contribution in [-0.4, -0.2) is 36.1 Å². The molecule has 0 saturated carbocycles. The molecular weight excluding hydrogens is 344 g/mol. The fourth-order valence-corrected chi connectivity index (χ4v) is 4.76. The summed E-state index contributed by atoms with van der Waals surface area (Å²) >= 11 is 0. The molecule has 1 unspecified atom stereocenters. The Labute approximate surface area is 169 Å². The molecule has 150 valence electrons. The first kappa shape index (κ1) is 19.4. The number of hydrogen-bond donors (Lipinski definition) is 2. The number of aryl methyl sites for hydroxylation is 1. The van der Waals surface area contributed by atoms with Crippen LogP contribution >= 0.6 is 0 Å². The summed E-state index contributed by atoms with van der Waals surface area (Å²) in [4.78, 5) is 7.02. The highest BCUT2D eigenvalue weighted by atomic mass is 15.1. The number of nitrogen functional groups attached to an aromatic ring is 1. The van der Waals surface area contributed by atoms with Gasteiger partial charge in [0.2, 0.25) is 0 Å². The maximum atomic E-state index is 5.98. The highest BCUT2D eigenvalue weighted by Crippen LogP contribution is 2.36. The average Bonchev–Trinajstić information content (AvgIpc) is 3.12. The molecule has 1 aromatic heterocycles. The lowest BCUT2D eigenvalue weighted by molar-refractivity contribution is 0.225. The van der Waals surface area contributed by atoms with Crippen molar-refractivity contribution in [2.75, 3.05) is 31.9 Å². The lowest BCUT2D eigenvalue weighted by Crippen LogP contribution is -2.32. The highest BCUT2D eigenvalue weighted by Gasteiger charge is 2.23. The Morgan fingerprint density at radius 3 is 2.79 bits per heavy atom. The van der Waals surface area contributed by atoms with Gasteiger partial charge < -0.3 is 16.0 Å². The average molecular weight is 379 g/mol. The van der Waals surface area contributed by atoms with Crippen molar-refractivity contribution in [2.24, 2.45) is 0 Å². The van der Waals surface area contributed by atoms with Crippen molar-refractivity contribution in [2.45, 2.75) is 58.4 Å². The summed E-state index contributed by atoms with van der Waals surface area (Å²) in [5.41, 5.74) is 13.7. The normalized spacial score (nSPS) is 19.7. The number of likely N-dealkylation sites (tertiary alicyclic amines) is 1. The third-order valence-electron chi connectivity index (χ3n) is 6.71. The van der Waals surface area contributed by atoms with Crippen LogP contribution in [0, 0.1) is 13.8 Å². The van der Waals surface area contributed by atoms with E-state index < -0.39 is 0 Å².